The van der Waals surface area contributed by atoms with Crippen molar-refractivity contribution in [3.05, 3.63) is 81.4 Å². The van der Waals surface area contributed by atoms with E-state index >= 15 is 0 Å². The third kappa shape index (κ3) is 4.41. The number of amides is 1. The summed E-state index contributed by atoms with van der Waals surface area (Å²) >= 11 is 1.47. The maximum atomic E-state index is 12.3. The van der Waals surface area contributed by atoms with E-state index < -0.39 is 0 Å². The average molecular weight is 420 g/mol. The third-order valence-electron chi connectivity index (χ3n) is 4.74. The van der Waals surface area contributed by atoms with Crippen LogP contribution in [0.5, 0.6) is 5.75 Å². The van der Waals surface area contributed by atoms with Gasteiger partial charge in [0.05, 0.1) is 4.88 Å². The van der Waals surface area contributed by atoms with Gasteiger partial charge in [-0.15, -0.1) is 11.3 Å². The molecule has 30 heavy (non-hydrogen) atoms. The minimum absolute atomic E-state index is 0.119. The number of nitrogens with zero attached hydrogens (tertiary/aromatic N) is 2. The van der Waals surface area contributed by atoms with Gasteiger partial charge >= 0.3 is 0 Å². The van der Waals surface area contributed by atoms with Crippen LogP contribution in [-0.4, -0.2) is 16.0 Å². The Morgan fingerprint density at radius 1 is 1.07 bits per heavy atom. The molecule has 0 unspecified atom stereocenters. The van der Waals surface area contributed by atoms with Crippen molar-refractivity contribution < 1.29 is 14.1 Å². The zero-order chi connectivity index (χ0) is 21.1. The molecular weight excluding hydrogens is 398 g/mol. The summed E-state index contributed by atoms with van der Waals surface area (Å²) in [4.78, 5) is 18.5. The zero-order valence-electron chi connectivity index (χ0n) is 16.9. The molecule has 0 saturated heterocycles. The van der Waals surface area contributed by atoms with Gasteiger partial charge in [0.1, 0.15) is 5.75 Å². The van der Waals surface area contributed by atoms with Crippen molar-refractivity contribution in [3.63, 3.8) is 0 Å². The first-order valence-electron chi connectivity index (χ1n) is 9.49. The number of anilines is 1. The smallest absolute Gasteiger partial charge is 0.265 e. The number of carbonyl (C=O) groups excluding carboxylic acids is 1. The van der Waals surface area contributed by atoms with Gasteiger partial charge in [-0.25, -0.2) is 0 Å². The van der Waals surface area contributed by atoms with Crippen LogP contribution in [0.15, 0.2) is 59.1 Å². The van der Waals surface area contributed by atoms with Crippen LogP contribution in [0.3, 0.4) is 0 Å². The van der Waals surface area contributed by atoms with Crippen LogP contribution in [-0.2, 0) is 6.61 Å². The van der Waals surface area contributed by atoms with Crippen LogP contribution in [0, 0.1) is 20.8 Å². The molecule has 1 amide bonds. The molecule has 0 radical (unpaired) electrons. The van der Waals surface area contributed by atoms with Gasteiger partial charge in [0.25, 0.3) is 11.8 Å². The Morgan fingerprint density at radius 2 is 1.87 bits per heavy atom. The number of carbonyl (C=O) groups is 1. The molecule has 6 nitrogen and oxygen atoms in total. The van der Waals surface area contributed by atoms with Crippen LogP contribution in [0.2, 0.25) is 0 Å². The number of nitrogens with one attached hydrogen (secondary N) is 1. The second-order valence-corrected chi connectivity index (χ2v) is 8.23. The number of hydrogen-bond donors (Lipinski definition) is 1. The van der Waals surface area contributed by atoms with Crippen LogP contribution < -0.4 is 10.1 Å². The Morgan fingerprint density at radius 3 is 2.60 bits per heavy atom. The Labute approximate surface area is 178 Å². The summed E-state index contributed by atoms with van der Waals surface area (Å²) in [7, 11) is 0. The van der Waals surface area contributed by atoms with Gasteiger partial charge in [0.2, 0.25) is 5.82 Å². The molecule has 0 spiro atoms. The predicted molar refractivity (Wildman–Crippen MR) is 117 cm³/mol. The third-order valence-corrected chi connectivity index (χ3v) is 5.74. The largest absolute Gasteiger partial charge is 0.483 e. The second-order valence-electron chi connectivity index (χ2n) is 6.94. The molecule has 7 heteroatoms. The van der Waals surface area contributed by atoms with E-state index in [4.69, 9.17) is 9.26 Å². The van der Waals surface area contributed by atoms with E-state index in [9.17, 15) is 4.79 Å². The highest BCUT2D eigenvalue weighted by molar-refractivity contribution is 7.14. The van der Waals surface area contributed by atoms with Gasteiger partial charge in [-0.3, -0.25) is 4.79 Å². The number of benzene rings is 2. The van der Waals surface area contributed by atoms with Gasteiger partial charge in [-0.2, -0.15) is 4.98 Å². The summed E-state index contributed by atoms with van der Waals surface area (Å²) in [5, 5.41) is 6.92. The fourth-order valence-electron chi connectivity index (χ4n) is 2.90. The molecule has 2 aromatic heterocycles. The topological polar surface area (TPSA) is 77.2 Å². The molecule has 0 aliphatic heterocycles. The molecule has 0 aliphatic rings. The van der Waals surface area contributed by atoms with E-state index in [0.717, 1.165) is 21.8 Å². The maximum Gasteiger partial charge on any atom is 0.265 e. The summed E-state index contributed by atoms with van der Waals surface area (Å²) in [6.45, 7) is 6.23. The lowest BCUT2D eigenvalue weighted by Crippen LogP contribution is -2.09. The lowest BCUT2D eigenvalue weighted by molar-refractivity contribution is 0.103. The number of ether oxygens (including phenoxy) is 1. The molecule has 152 valence electrons. The predicted octanol–water partition coefficient (Wildman–Crippen LogP) is 5.55. The minimum atomic E-state index is -0.119. The SMILES string of the molecule is Cc1ccc(C(=O)Nc2ccc(-c3noc(COc4cccc(C)c4C)n3)cc2)s1. The molecular formula is C23H21N3O3S. The van der Waals surface area contributed by atoms with E-state index in [1.165, 1.54) is 16.9 Å². The van der Waals surface area contributed by atoms with E-state index in [1.807, 2.05) is 75.4 Å². The van der Waals surface area contributed by atoms with Gasteiger partial charge in [0, 0.05) is 16.1 Å². The average Bonchev–Trinajstić information content (AvgIpc) is 3.39. The van der Waals surface area contributed by atoms with Crippen LogP contribution in [0.1, 0.15) is 31.6 Å². The summed E-state index contributed by atoms with van der Waals surface area (Å²) in [6.07, 6.45) is 0. The first-order valence-corrected chi connectivity index (χ1v) is 10.3. The molecule has 0 aliphatic carbocycles. The second kappa shape index (κ2) is 8.51. The fourth-order valence-corrected chi connectivity index (χ4v) is 3.67. The molecule has 0 bridgehead atoms. The lowest BCUT2D eigenvalue weighted by Gasteiger charge is -2.08. The quantitative estimate of drug-likeness (QED) is 0.443. The molecule has 0 saturated carbocycles. The van der Waals surface area contributed by atoms with Crippen molar-refractivity contribution in [1.82, 2.24) is 10.1 Å². The van der Waals surface area contributed by atoms with Gasteiger partial charge in [0.15, 0.2) is 6.61 Å². The lowest BCUT2D eigenvalue weighted by atomic mass is 10.1. The molecule has 0 fully saturated rings. The van der Waals surface area contributed by atoms with Crippen molar-refractivity contribution in [2.24, 2.45) is 0 Å². The van der Waals surface area contributed by atoms with Crippen LogP contribution in [0.4, 0.5) is 5.69 Å². The number of rotatable bonds is 6. The van der Waals surface area contributed by atoms with Crippen molar-refractivity contribution in [1.29, 1.82) is 0 Å². The molecule has 0 atom stereocenters. The van der Waals surface area contributed by atoms with Crippen molar-refractivity contribution >= 4 is 22.9 Å². The normalized spacial score (nSPS) is 10.8. The zero-order valence-corrected chi connectivity index (χ0v) is 17.7. The van der Waals surface area contributed by atoms with Crippen molar-refractivity contribution in [3.8, 4) is 17.1 Å². The summed E-state index contributed by atoms with van der Waals surface area (Å²) in [5.41, 5.74) is 3.76. The van der Waals surface area contributed by atoms with Crippen molar-refractivity contribution in [2.75, 3.05) is 5.32 Å². The summed E-state index contributed by atoms with van der Waals surface area (Å²) < 4.78 is 11.1. The highest BCUT2D eigenvalue weighted by atomic mass is 32.1. The Kier molecular flexibility index (Phi) is 5.63. The molecule has 1 N–H and O–H groups in total. The van der Waals surface area contributed by atoms with Crippen LogP contribution >= 0.6 is 11.3 Å². The standard InChI is InChI=1S/C23H21N3O3S/c1-14-5-4-6-19(16(14)3)28-13-21-25-22(26-29-21)17-8-10-18(11-9-17)24-23(27)20-12-7-15(2)30-20/h4-12H,13H2,1-3H3,(H,24,27). The Bertz CT molecular complexity index is 1180. The number of thiophene rings is 1. The molecule has 4 rings (SSSR count). The van der Waals surface area contributed by atoms with Gasteiger partial charge < -0.3 is 14.6 Å². The first-order chi connectivity index (χ1) is 14.5. The van der Waals surface area contributed by atoms with Gasteiger partial charge in [-0.05, 0) is 74.4 Å². The van der Waals surface area contributed by atoms with E-state index in [-0.39, 0.29) is 12.5 Å². The highest BCUT2D eigenvalue weighted by Crippen LogP contribution is 2.23. The van der Waals surface area contributed by atoms with E-state index in [2.05, 4.69) is 15.5 Å². The molecule has 2 aromatic carbocycles. The Balaban J connectivity index is 1.39. The summed E-state index contributed by atoms with van der Waals surface area (Å²) in [5.74, 6) is 1.56. The fraction of sp³-hybridized carbons (Fsp3) is 0.174. The highest BCUT2D eigenvalue weighted by Gasteiger charge is 2.12. The monoisotopic (exact) mass is 419 g/mol. The van der Waals surface area contributed by atoms with Crippen molar-refractivity contribution in [2.45, 2.75) is 27.4 Å². The van der Waals surface area contributed by atoms with Crippen LogP contribution in [0.25, 0.3) is 11.4 Å². The number of aromatic nitrogens is 2. The Hall–Kier alpha value is -3.45. The maximum absolute atomic E-state index is 12.3. The first kappa shape index (κ1) is 19.8. The number of hydrogen-bond acceptors (Lipinski definition) is 6. The molecule has 2 heterocycles. The van der Waals surface area contributed by atoms with E-state index in [0.29, 0.717) is 22.3 Å². The number of aryl methyl sites for hydroxylation is 2. The minimum Gasteiger partial charge on any atom is -0.483 e. The molecule has 4 aromatic rings. The summed E-state index contributed by atoms with van der Waals surface area (Å²) in [6, 6.07) is 17.0. The van der Waals surface area contributed by atoms with E-state index in [1.54, 1.807) is 0 Å². The van der Waals surface area contributed by atoms with Gasteiger partial charge in [-0.1, -0.05) is 17.3 Å².